The van der Waals surface area contributed by atoms with Crippen LogP contribution in [0.25, 0.3) is 10.9 Å². The van der Waals surface area contributed by atoms with E-state index in [1.807, 2.05) is 6.07 Å². The Morgan fingerprint density at radius 2 is 2.11 bits per heavy atom. The van der Waals surface area contributed by atoms with Gasteiger partial charge in [0.1, 0.15) is 5.78 Å². The van der Waals surface area contributed by atoms with Crippen molar-refractivity contribution in [2.24, 2.45) is 0 Å². The lowest BCUT2D eigenvalue weighted by atomic mass is 9.98. The minimum absolute atomic E-state index is 0.166. The molecule has 1 fully saturated rings. The smallest absolute Gasteiger partial charge is 0.336 e. The van der Waals surface area contributed by atoms with Crippen molar-refractivity contribution < 1.29 is 14.7 Å². The first-order chi connectivity index (χ1) is 9.16. The highest BCUT2D eigenvalue weighted by atomic mass is 16.4. The SMILES string of the molecule is O=C(O)c1cc(C2CCCC2=O)nc2ccccc12. The number of nitrogens with zero attached hydrogens (tertiary/aromatic N) is 1. The summed E-state index contributed by atoms with van der Waals surface area (Å²) in [4.78, 5) is 27.6. The van der Waals surface area contributed by atoms with Crippen molar-refractivity contribution in [3.05, 3.63) is 41.6 Å². The van der Waals surface area contributed by atoms with Gasteiger partial charge in [-0.15, -0.1) is 0 Å². The number of Topliss-reactive ketones (excluding diaryl/α,β-unsaturated/α-hetero) is 1. The molecule has 4 nitrogen and oxygen atoms in total. The number of carbonyl (C=O) groups excluding carboxylic acids is 1. The molecule has 1 N–H and O–H groups in total. The molecule has 1 atom stereocenters. The fourth-order valence-corrected chi connectivity index (χ4v) is 2.68. The maximum absolute atomic E-state index is 11.8. The van der Waals surface area contributed by atoms with E-state index in [0.29, 0.717) is 23.0 Å². The zero-order chi connectivity index (χ0) is 13.4. The molecule has 19 heavy (non-hydrogen) atoms. The minimum Gasteiger partial charge on any atom is -0.478 e. The third kappa shape index (κ3) is 1.99. The van der Waals surface area contributed by atoms with Gasteiger partial charge in [-0.05, 0) is 25.0 Å². The van der Waals surface area contributed by atoms with Crippen LogP contribution in [0.4, 0.5) is 0 Å². The molecule has 0 spiro atoms. The highest BCUT2D eigenvalue weighted by Crippen LogP contribution is 2.32. The normalized spacial score (nSPS) is 18.9. The molecule has 1 aliphatic rings. The van der Waals surface area contributed by atoms with E-state index in [1.165, 1.54) is 0 Å². The number of aromatic nitrogens is 1. The number of rotatable bonds is 2. The van der Waals surface area contributed by atoms with Crippen LogP contribution in [0.2, 0.25) is 0 Å². The highest BCUT2D eigenvalue weighted by molar-refractivity contribution is 6.03. The number of para-hydroxylation sites is 1. The second-order valence-corrected chi connectivity index (χ2v) is 4.83. The predicted molar refractivity (Wildman–Crippen MR) is 70.3 cm³/mol. The Hall–Kier alpha value is -2.23. The van der Waals surface area contributed by atoms with E-state index in [1.54, 1.807) is 24.3 Å². The van der Waals surface area contributed by atoms with Crippen LogP contribution >= 0.6 is 0 Å². The van der Waals surface area contributed by atoms with Crippen LogP contribution in [0.1, 0.15) is 41.2 Å². The molecular formula is C15H13NO3. The van der Waals surface area contributed by atoms with Crippen LogP contribution in [-0.2, 0) is 4.79 Å². The number of benzene rings is 1. The molecule has 1 aromatic carbocycles. The average molecular weight is 255 g/mol. The van der Waals surface area contributed by atoms with Gasteiger partial charge in [-0.3, -0.25) is 9.78 Å². The first-order valence-electron chi connectivity index (χ1n) is 6.32. The summed E-state index contributed by atoms with van der Waals surface area (Å²) in [6, 6.07) is 8.69. The molecule has 0 aliphatic heterocycles. The van der Waals surface area contributed by atoms with Crippen molar-refractivity contribution >= 4 is 22.7 Å². The Kier molecular flexibility index (Phi) is 2.78. The fourth-order valence-electron chi connectivity index (χ4n) is 2.68. The van der Waals surface area contributed by atoms with Gasteiger partial charge in [0.25, 0.3) is 0 Å². The topological polar surface area (TPSA) is 67.3 Å². The molecular weight excluding hydrogens is 242 g/mol. The van der Waals surface area contributed by atoms with Crippen LogP contribution in [0.5, 0.6) is 0 Å². The first-order valence-corrected chi connectivity index (χ1v) is 6.32. The molecule has 0 bridgehead atoms. The van der Waals surface area contributed by atoms with Gasteiger partial charge >= 0.3 is 5.97 Å². The molecule has 3 rings (SSSR count). The molecule has 1 unspecified atom stereocenters. The van der Waals surface area contributed by atoms with Crippen molar-refractivity contribution in [2.45, 2.75) is 25.2 Å². The molecule has 1 aromatic heterocycles. The Bertz CT molecular complexity index is 678. The van der Waals surface area contributed by atoms with Gasteiger partial charge in [0.05, 0.1) is 22.7 Å². The average Bonchev–Trinajstić information content (AvgIpc) is 2.83. The molecule has 2 aromatic rings. The number of carbonyl (C=O) groups is 2. The lowest BCUT2D eigenvalue weighted by molar-refractivity contribution is -0.118. The van der Waals surface area contributed by atoms with Crippen molar-refractivity contribution in [3.8, 4) is 0 Å². The van der Waals surface area contributed by atoms with Gasteiger partial charge in [0.15, 0.2) is 0 Å². The summed E-state index contributed by atoms with van der Waals surface area (Å²) in [5.41, 5.74) is 1.45. The number of aromatic carboxylic acids is 1. The van der Waals surface area contributed by atoms with Crippen molar-refractivity contribution in [2.75, 3.05) is 0 Å². The predicted octanol–water partition coefficient (Wildman–Crippen LogP) is 2.77. The van der Waals surface area contributed by atoms with Gasteiger partial charge < -0.3 is 5.11 Å². The summed E-state index contributed by atoms with van der Waals surface area (Å²) in [7, 11) is 0. The molecule has 0 radical (unpaired) electrons. The highest BCUT2D eigenvalue weighted by Gasteiger charge is 2.28. The third-order valence-electron chi connectivity index (χ3n) is 3.63. The molecule has 1 saturated carbocycles. The molecule has 0 saturated heterocycles. The number of ketones is 1. The van der Waals surface area contributed by atoms with Crippen LogP contribution in [-0.4, -0.2) is 21.8 Å². The van der Waals surface area contributed by atoms with Crippen LogP contribution in [0.15, 0.2) is 30.3 Å². The van der Waals surface area contributed by atoms with E-state index in [4.69, 9.17) is 0 Å². The molecule has 4 heteroatoms. The summed E-state index contributed by atoms with van der Waals surface area (Å²) in [6.45, 7) is 0. The zero-order valence-electron chi connectivity index (χ0n) is 10.3. The monoisotopic (exact) mass is 255 g/mol. The number of carboxylic acid groups (broad SMARTS) is 1. The first kappa shape index (κ1) is 11.8. The Morgan fingerprint density at radius 3 is 2.79 bits per heavy atom. The third-order valence-corrected chi connectivity index (χ3v) is 3.63. The maximum Gasteiger partial charge on any atom is 0.336 e. The standard InChI is InChI=1S/C15H13NO3/c17-14-7-3-5-10(14)13-8-11(15(18)19)9-4-1-2-6-12(9)16-13/h1-2,4,6,8,10H,3,5,7H2,(H,18,19). The summed E-state index contributed by atoms with van der Waals surface area (Å²) < 4.78 is 0. The Labute approximate surface area is 110 Å². The van der Waals surface area contributed by atoms with E-state index in [9.17, 15) is 14.7 Å². The van der Waals surface area contributed by atoms with Gasteiger partial charge in [0.2, 0.25) is 0 Å². The van der Waals surface area contributed by atoms with E-state index in [0.717, 1.165) is 12.8 Å². The van der Waals surface area contributed by atoms with E-state index in [-0.39, 0.29) is 17.3 Å². The second kappa shape index (κ2) is 4.46. The largest absolute Gasteiger partial charge is 0.478 e. The lowest BCUT2D eigenvalue weighted by Crippen LogP contribution is -2.09. The van der Waals surface area contributed by atoms with Gasteiger partial charge in [-0.2, -0.15) is 0 Å². The minimum atomic E-state index is -0.981. The molecule has 0 amide bonds. The summed E-state index contributed by atoms with van der Waals surface area (Å²) in [6.07, 6.45) is 2.20. The summed E-state index contributed by atoms with van der Waals surface area (Å²) >= 11 is 0. The van der Waals surface area contributed by atoms with E-state index in [2.05, 4.69) is 4.98 Å². The van der Waals surface area contributed by atoms with Gasteiger partial charge in [0, 0.05) is 11.8 Å². The quantitative estimate of drug-likeness (QED) is 0.896. The van der Waals surface area contributed by atoms with E-state index >= 15 is 0 Å². The zero-order valence-corrected chi connectivity index (χ0v) is 10.3. The van der Waals surface area contributed by atoms with Crippen molar-refractivity contribution in [1.82, 2.24) is 4.98 Å². The van der Waals surface area contributed by atoms with Gasteiger partial charge in [-0.25, -0.2) is 4.79 Å². The number of fused-ring (bicyclic) bond motifs is 1. The van der Waals surface area contributed by atoms with Crippen molar-refractivity contribution in [3.63, 3.8) is 0 Å². The van der Waals surface area contributed by atoms with Crippen LogP contribution < -0.4 is 0 Å². The van der Waals surface area contributed by atoms with E-state index < -0.39 is 5.97 Å². The molecule has 1 aliphatic carbocycles. The second-order valence-electron chi connectivity index (χ2n) is 4.83. The van der Waals surface area contributed by atoms with Crippen LogP contribution in [0, 0.1) is 0 Å². The number of pyridine rings is 1. The Morgan fingerprint density at radius 1 is 1.32 bits per heavy atom. The number of hydrogen-bond acceptors (Lipinski definition) is 3. The summed E-state index contributed by atoms with van der Waals surface area (Å²) in [5, 5.41) is 9.92. The maximum atomic E-state index is 11.8. The molecule has 96 valence electrons. The van der Waals surface area contributed by atoms with Gasteiger partial charge in [-0.1, -0.05) is 18.2 Å². The Balaban J connectivity index is 2.21. The fraction of sp³-hybridized carbons (Fsp3) is 0.267. The number of hydrogen-bond donors (Lipinski definition) is 1. The number of carboxylic acids is 1. The molecule has 1 heterocycles. The summed E-state index contributed by atoms with van der Waals surface area (Å²) in [5.74, 6) is -1.05. The lowest BCUT2D eigenvalue weighted by Gasteiger charge is -2.10. The van der Waals surface area contributed by atoms with Crippen molar-refractivity contribution in [1.29, 1.82) is 0 Å². The van der Waals surface area contributed by atoms with Crippen LogP contribution in [0.3, 0.4) is 0 Å².